The number of carboxylic acid groups (broad SMARTS) is 1. The van der Waals surface area contributed by atoms with Gasteiger partial charge in [-0.2, -0.15) is 0 Å². The number of carboxylic acids is 1. The molecule has 56 valence electrons. The predicted octanol–water partition coefficient (Wildman–Crippen LogP) is 1.41. The molecule has 10 heavy (non-hydrogen) atoms. The number of hydrogen-bond donors (Lipinski definition) is 1. The van der Waals surface area contributed by atoms with Crippen molar-refractivity contribution in [2.75, 3.05) is 0 Å². The van der Waals surface area contributed by atoms with E-state index in [-0.39, 0.29) is 5.57 Å². The van der Waals surface area contributed by atoms with Crippen LogP contribution in [0.25, 0.3) is 0 Å². The zero-order chi connectivity index (χ0) is 9.15. The maximum absolute atomic E-state index is 9.60. The maximum atomic E-state index is 9.60. The number of hydrogen-bond acceptors (Lipinski definition) is 1. The Morgan fingerprint density at radius 3 is 1.60 bits per heavy atom. The molecule has 0 amide bonds. The molecular weight excluding hydrogens is 132 g/mol. The molecule has 1 N–H and O–H groups in total. The van der Waals surface area contributed by atoms with Crippen LogP contribution < -0.4 is 0 Å². The Morgan fingerprint density at radius 1 is 1.50 bits per heavy atom. The number of carbonyl (C=O) groups is 1. The van der Waals surface area contributed by atoms with Crippen molar-refractivity contribution in [3.8, 4) is 0 Å². The van der Waals surface area contributed by atoms with Crippen LogP contribution in [-0.2, 0) is 9.45 Å². The second-order valence-electron chi connectivity index (χ2n) is 1.09. The van der Waals surface area contributed by atoms with E-state index in [1.807, 2.05) is 0 Å². The van der Waals surface area contributed by atoms with Gasteiger partial charge in [-0.1, -0.05) is 6.58 Å². The van der Waals surface area contributed by atoms with E-state index in [0.717, 1.165) is 0 Å². The van der Waals surface area contributed by atoms with Gasteiger partial charge in [0.25, 0.3) is 0 Å². The quantitative estimate of drug-likeness (QED) is 0.260. The van der Waals surface area contributed by atoms with Gasteiger partial charge in [-0.05, 0) is 6.92 Å². The standard InChI is InChI=1S/C4H6O2.C2H4.CO/c1-3(2)4(5)6;2*1-2/h1H2,2H3,(H,5,6);1-2H2;. The van der Waals surface area contributed by atoms with Crippen LogP contribution in [0.4, 0.5) is 0 Å². The van der Waals surface area contributed by atoms with E-state index in [2.05, 4.69) is 26.4 Å². The summed E-state index contributed by atoms with van der Waals surface area (Å²) in [7, 11) is 0. The molecule has 0 saturated heterocycles. The van der Waals surface area contributed by atoms with E-state index in [1.54, 1.807) is 0 Å². The average molecular weight is 142 g/mol. The average Bonchev–Trinajstić information content (AvgIpc) is 1.96. The van der Waals surface area contributed by atoms with E-state index in [9.17, 15) is 4.79 Å². The molecule has 0 bridgehead atoms. The number of aliphatic carboxylic acids is 1. The molecule has 3 nitrogen and oxygen atoms in total. The summed E-state index contributed by atoms with van der Waals surface area (Å²) in [6.45, 7) is 15.1. The monoisotopic (exact) mass is 142 g/mol. The Labute approximate surface area is 60.4 Å². The normalized spacial score (nSPS) is 5.10. The van der Waals surface area contributed by atoms with Crippen LogP contribution >= 0.6 is 0 Å². The van der Waals surface area contributed by atoms with Crippen molar-refractivity contribution in [3.05, 3.63) is 32.0 Å². The topological polar surface area (TPSA) is 57.2 Å². The van der Waals surface area contributed by atoms with Gasteiger partial charge in [0.15, 0.2) is 0 Å². The molecule has 0 aromatic carbocycles. The van der Waals surface area contributed by atoms with E-state index in [0.29, 0.717) is 0 Å². The minimum atomic E-state index is -0.935. The first-order valence-electron chi connectivity index (χ1n) is 2.24. The van der Waals surface area contributed by atoms with Gasteiger partial charge in [0.2, 0.25) is 0 Å². The Hall–Kier alpha value is -1.31. The summed E-state index contributed by atoms with van der Waals surface area (Å²) in [6.07, 6.45) is 0. The van der Waals surface area contributed by atoms with Crippen LogP contribution in [-0.4, -0.2) is 11.1 Å². The molecule has 0 aromatic rings. The van der Waals surface area contributed by atoms with Crippen molar-refractivity contribution in [1.29, 1.82) is 0 Å². The first-order valence-corrected chi connectivity index (χ1v) is 2.24. The molecule has 0 spiro atoms. The fraction of sp³-hybridized carbons (Fsp3) is 0.143. The second kappa shape index (κ2) is 15.6. The summed E-state index contributed by atoms with van der Waals surface area (Å²) < 4.78 is 7.50. The van der Waals surface area contributed by atoms with Gasteiger partial charge in [-0.15, -0.1) is 13.2 Å². The van der Waals surface area contributed by atoms with Gasteiger partial charge in [0.1, 0.15) is 0 Å². The van der Waals surface area contributed by atoms with Crippen molar-refractivity contribution in [3.63, 3.8) is 0 Å². The molecule has 0 aliphatic carbocycles. The zero-order valence-corrected chi connectivity index (χ0v) is 5.89. The molecule has 0 radical (unpaired) electrons. The summed E-state index contributed by atoms with van der Waals surface area (Å²) in [5.74, 6) is -0.935. The first-order chi connectivity index (χ1) is 4.64. The summed E-state index contributed by atoms with van der Waals surface area (Å²) in [4.78, 5) is 9.60. The van der Waals surface area contributed by atoms with Crippen LogP contribution in [0.3, 0.4) is 0 Å². The summed E-state index contributed by atoms with van der Waals surface area (Å²) in [6, 6.07) is 0. The van der Waals surface area contributed by atoms with Crippen LogP contribution in [0.15, 0.2) is 25.3 Å². The molecule has 0 saturated carbocycles. The molecule has 0 heterocycles. The Kier molecular flexibility index (Phi) is 24.8. The van der Waals surface area contributed by atoms with E-state index >= 15 is 0 Å². The number of rotatable bonds is 1. The zero-order valence-electron chi connectivity index (χ0n) is 5.89. The van der Waals surface area contributed by atoms with Crippen molar-refractivity contribution >= 4 is 5.97 Å². The molecule has 0 aromatic heterocycles. The molecule has 0 unspecified atom stereocenters. The van der Waals surface area contributed by atoms with Crippen LogP contribution in [0.5, 0.6) is 0 Å². The van der Waals surface area contributed by atoms with Crippen LogP contribution in [0.1, 0.15) is 6.92 Å². The van der Waals surface area contributed by atoms with Gasteiger partial charge in [-0.3, -0.25) is 0 Å². The molecule has 0 aliphatic heterocycles. The Bertz CT molecular complexity index is 112. The van der Waals surface area contributed by atoms with E-state index in [1.165, 1.54) is 6.92 Å². The fourth-order valence-corrected chi connectivity index (χ4v) is 0. The van der Waals surface area contributed by atoms with Gasteiger partial charge in [0, 0.05) is 5.57 Å². The van der Waals surface area contributed by atoms with Gasteiger partial charge < -0.3 is 5.11 Å². The van der Waals surface area contributed by atoms with Gasteiger partial charge in [0.05, 0.1) is 0 Å². The molecule has 0 aliphatic rings. The molecule has 0 fully saturated rings. The van der Waals surface area contributed by atoms with Crippen molar-refractivity contribution in [2.24, 2.45) is 0 Å². The second-order valence-corrected chi connectivity index (χ2v) is 1.09. The predicted molar refractivity (Wildman–Crippen MR) is 37.6 cm³/mol. The Morgan fingerprint density at radius 2 is 1.60 bits per heavy atom. The molecule has 3 heteroatoms. The van der Waals surface area contributed by atoms with E-state index < -0.39 is 5.97 Å². The molecule has 0 atom stereocenters. The third kappa shape index (κ3) is 29.9. The van der Waals surface area contributed by atoms with Crippen molar-refractivity contribution in [2.45, 2.75) is 6.92 Å². The van der Waals surface area contributed by atoms with Gasteiger partial charge >= 0.3 is 17.3 Å². The van der Waals surface area contributed by atoms with E-state index in [4.69, 9.17) is 9.76 Å². The SMILES string of the molecule is C=C.C=C(C)C(=O)O.[C-]#[O+]. The van der Waals surface area contributed by atoms with Crippen molar-refractivity contribution in [1.82, 2.24) is 0 Å². The first kappa shape index (κ1) is 15.9. The Balaban J connectivity index is -0.000000105. The molecular formula is C7H10O3. The summed E-state index contributed by atoms with van der Waals surface area (Å²) in [5.41, 5.74) is 0.176. The summed E-state index contributed by atoms with van der Waals surface area (Å²) >= 11 is 0. The third-order valence-corrected chi connectivity index (χ3v) is 0.365. The van der Waals surface area contributed by atoms with Crippen molar-refractivity contribution < 1.29 is 14.6 Å². The van der Waals surface area contributed by atoms with Crippen LogP contribution in [0.2, 0.25) is 0 Å². The van der Waals surface area contributed by atoms with Crippen LogP contribution in [0, 0.1) is 6.65 Å². The summed E-state index contributed by atoms with van der Waals surface area (Å²) in [5, 5.41) is 7.89. The third-order valence-electron chi connectivity index (χ3n) is 0.365. The fourth-order valence-electron chi connectivity index (χ4n) is 0. The minimum absolute atomic E-state index is 0.176. The molecule has 0 rings (SSSR count). The van der Waals surface area contributed by atoms with Gasteiger partial charge in [-0.25, -0.2) is 4.79 Å².